The number of rotatable bonds is 6. The number of amides is 1. The lowest BCUT2D eigenvalue weighted by atomic mass is 10.0. The number of anilines is 3. The van der Waals surface area contributed by atoms with E-state index >= 15 is 0 Å². The first-order valence-electron chi connectivity index (χ1n) is 10.9. The number of piperazine rings is 1. The third-order valence-corrected chi connectivity index (χ3v) is 6.06. The summed E-state index contributed by atoms with van der Waals surface area (Å²) < 4.78 is 13.4. The minimum Gasteiger partial charge on any atom is -0.380 e. The quantitative estimate of drug-likeness (QED) is 0.530. The summed E-state index contributed by atoms with van der Waals surface area (Å²) in [5.74, 6) is 0.437. The van der Waals surface area contributed by atoms with Gasteiger partial charge in [-0.15, -0.1) is 0 Å². The molecule has 8 heteroatoms. The molecule has 0 bridgehead atoms. The molecule has 172 valence electrons. The molecule has 2 N–H and O–H groups in total. The highest BCUT2D eigenvalue weighted by Crippen LogP contribution is 2.29. The molecule has 2 aromatic carbocycles. The van der Waals surface area contributed by atoms with E-state index in [9.17, 15) is 9.18 Å². The molecule has 6 nitrogen and oxygen atoms in total. The molecule has 1 fully saturated rings. The van der Waals surface area contributed by atoms with Crippen LogP contribution in [0, 0.1) is 5.82 Å². The lowest BCUT2D eigenvalue weighted by Gasteiger charge is -2.40. The van der Waals surface area contributed by atoms with E-state index in [1.54, 1.807) is 19.2 Å². The van der Waals surface area contributed by atoms with E-state index in [1.807, 2.05) is 35.2 Å². The van der Waals surface area contributed by atoms with Gasteiger partial charge in [-0.1, -0.05) is 35.9 Å². The van der Waals surface area contributed by atoms with Gasteiger partial charge in [0.15, 0.2) is 0 Å². The topological polar surface area (TPSA) is 60.5 Å². The standard InChI is InChI=1S/C25H27ClFN5O/c1-17(33)32-10-9-31(2)16-24(32)19-6-4-8-21(12-19)30-25-13-23(22(26)15-29-25)28-14-18-5-3-7-20(27)11-18/h3-8,11-13,15,24H,9-10,14,16H2,1-2H3,(H2,28,29,30). The van der Waals surface area contributed by atoms with Crippen LogP contribution in [0.4, 0.5) is 21.6 Å². The van der Waals surface area contributed by atoms with Crippen LogP contribution in [0.15, 0.2) is 60.8 Å². The number of hydrogen-bond donors (Lipinski definition) is 2. The Kier molecular flexibility index (Phi) is 7.11. The van der Waals surface area contributed by atoms with Gasteiger partial charge in [0.1, 0.15) is 11.6 Å². The van der Waals surface area contributed by atoms with Gasteiger partial charge in [0.25, 0.3) is 0 Å². The van der Waals surface area contributed by atoms with Crippen LogP contribution >= 0.6 is 11.6 Å². The molecule has 1 atom stereocenters. The van der Waals surface area contributed by atoms with Gasteiger partial charge in [0, 0.05) is 44.9 Å². The number of nitrogens with one attached hydrogen (secondary N) is 2. The molecule has 2 heterocycles. The van der Waals surface area contributed by atoms with Crippen molar-refractivity contribution in [3.05, 3.63) is 82.8 Å². The number of halogens is 2. The van der Waals surface area contributed by atoms with Crippen LogP contribution in [-0.4, -0.2) is 47.4 Å². The Morgan fingerprint density at radius 3 is 2.79 bits per heavy atom. The fourth-order valence-electron chi connectivity index (χ4n) is 4.04. The third kappa shape index (κ3) is 5.80. The molecule has 1 aliphatic rings. The molecule has 0 saturated carbocycles. The van der Waals surface area contributed by atoms with E-state index in [0.29, 0.717) is 29.6 Å². The van der Waals surface area contributed by atoms with Crippen LogP contribution in [-0.2, 0) is 11.3 Å². The predicted molar refractivity (Wildman–Crippen MR) is 130 cm³/mol. The molecule has 1 aromatic heterocycles. The molecular formula is C25H27ClFN5O. The van der Waals surface area contributed by atoms with E-state index in [4.69, 9.17) is 11.6 Å². The number of carbonyl (C=O) groups is 1. The van der Waals surface area contributed by atoms with Crippen molar-refractivity contribution in [1.29, 1.82) is 0 Å². The first-order chi connectivity index (χ1) is 15.9. The maximum Gasteiger partial charge on any atom is 0.220 e. The zero-order valence-corrected chi connectivity index (χ0v) is 19.4. The summed E-state index contributed by atoms with van der Waals surface area (Å²) in [6.07, 6.45) is 1.58. The van der Waals surface area contributed by atoms with Gasteiger partial charge in [-0.25, -0.2) is 9.37 Å². The van der Waals surface area contributed by atoms with Gasteiger partial charge in [-0.2, -0.15) is 0 Å². The number of nitrogens with zero attached hydrogens (tertiary/aromatic N) is 3. The van der Waals surface area contributed by atoms with Crippen molar-refractivity contribution < 1.29 is 9.18 Å². The van der Waals surface area contributed by atoms with E-state index in [2.05, 4.69) is 33.6 Å². The molecule has 1 unspecified atom stereocenters. The molecule has 1 saturated heterocycles. The Morgan fingerprint density at radius 2 is 2.00 bits per heavy atom. The van der Waals surface area contributed by atoms with Crippen molar-refractivity contribution in [1.82, 2.24) is 14.8 Å². The average Bonchev–Trinajstić information content (AvgIpc) is 2.79. The highest BCUT2D eigenvalue weighted by Gasteiger charge is 2.28. The molecule has 0 radical (unpaired) electrons. The fraction of sp³-hybridized carbons (Fsp3) is 0.280. The van der Waals surface area contributed by atoms with E-state index in [1.165, 1.54) is 12.1 Å². The lowest BCUT2D eigenvalue weighted by Crippen LogP contribution is -2.48. The highest BCUT2D eigenvalue weighted by molar-refractivity contribution is 6.33. The lowest BCUT2D eigenvalue weighted by molar-refractivity contribution is -0.133. The van der Waals surface area contributed by atoms with Crippen molar-refractivity contribution in [2.75, 3.05) is 37.3 Å². The number of hydrogen-bond acceptors (Lipinski definition) is 5. The third-order valence-electron chi connectivity index (χ3n) is 5.76. The van der Waals surface area contributed by atoms with Gasteiger partial charge in [-0.05, 0) is 42.4 Å². The largest absolute Gasteiger partial charge is 0.380 e. The zero-order valence-electron chi connectivity index (χ0n) is 18.7. The number of aromatic nitrogens is 1. The summed E-state index contributed by atoms with van der Waals surface area (Å²) in [5, 5.41) is 7.05. The van der Waals surface area contributed by atoms with Crippen molar-refractivity contribution in [3.63, 3.8) is 0 Å². The van der Waals surface area contributed by atoms with E-state index in [-0.39, 0.29) is 17.8 Å². The van der Waals surface area contributed by atoms with Gasteiger partial charge >= 0.3 is 0 Å². The molecule has 3 aromatic rings. The summed E-state index contributed by atoms with van der Waals surface area (Å²) in [4.78, 5) is 20.7. The maximum atomic E-state index is 13.4. The summed E-state index contributed by atoms with van der Waals surface area (Å²) in [5.41, 5.74) is 3.46. The number of likely N-dealkylation sites (N-methyl/N-ethyl adjacent to an activating group) is 1. The summed E-state index contributed by atoms with van der Waals surface area (Å²) in [7, 11) is 2.07. The van der Waals surface area contributed by atoms with Crippen molar-refractivity contribution in [2.24, 2.45) is 0 Å². The summed E-state index contributed by atoms with van der Waals surface area (Å²) >= 11 is 6.31. The summed E-state index contributed by atoms with van der Waals surface area (Å²) in [6.45, 7) is 4.43. The Morgan fingerprint density at radius 1 is 1.18 bits per heavy atom. The molecule has 1 aliphatic heterocycles. The van der Waals surface area contributed by atoms with Crippen LogP contribution < -0.4 is 10.6 Å². The zero-order chi connectivity index (χ0) is 23.4. The second-order valence-electron chi connectivity index (χ2n) is 8.27. The van der Waals surface area contributed by atoms with E-state index < -0.39 is 0 Å². The number of pyridine rings is 1. The van der Waals surface area contributed by atoms with Crippen LogP contribution in [0.3, 0.4) is 0 Å². The Bertz CT molecular complexity index is 1140. The molecule has 0 aliphatic carbocycles. The smallest absolute Gasteiger partial charge is 0.220 e. The normalized spacial score (nSPS) is 16.5. The van der Waals surface area contributed by atoms with E-state index in [0.717, 1.165) is 29.9 Å². The molecular weight excluding hydrogens is 441 g/mol. The van der Waals surface area contributed by atoms with Gasteiger partial charge < -0.3 is 20.4 Å². The van der Waals surface area contributed by atoms with Crippen LogP contribution in [0.5, 0.6) is 0 Å². The second-order valence-corrected chi connectivity index (χ2v) is 8.68. The highest BCUT2D eigenvalue weighted by atomic mass is 35.5. The minimum atomic E-state index is -0.273. The number of benzene rings is 2. The molecule has 1 amide bonds. The fourth-order valence-corrected chi connectivity index (χ4v) is 4.21. The predicted octanol–water partition coefficient (Wildman–Crippen LogP) is 5.06. The Labute approximate surface area is 198 Å². The monoisotopic (exact) mass is 467 g/mol. The minimum absolute atomic E-state index is 0.00433. The molecule has 0 spiro atoms. The molecule has 4 rings (SSSR count). The van der Waals surface area contributed by atoms with Gasteiger partial charge in [0.2, 0.25) is 5.91 Å². The van der Waals surface area contributed by atoms with Crippen LogP contribution in [0.2, 0.25) is 5.02 Å². The van der Waals surface area contributed by atoms with Gasteiger partial charge in [-0.3, -0.25) is 4.79 Å². The summed E-state index contributed by atoms with van der Waals surface area (Å²) in [6, 6.07) is 16.3. The second kappa shape index (κ2) is 10.2. The van der Waals surface area contributed by atoms with Crippen molar-refractivity contribution >= 4 is 34.7 Å². The number of carbonyl (C=O) groups excluding carboxylic acids is 1. The van der Waals surface area contributed by atoms with Crippen LogP contribution in [0.25, 0.3) is 0 Å². The maximum absolute atomic E-state index is 13.4. The van der Waals surface area contributed by atoms with Gasteiger partial charge in [0.05, 0.1) is 22.9 Å². The molecule has 33 heavy (non-hydrogen) atoms. The first-order valence-corrected chi connectivity index (χ1v) is 11.2. The van der Waals surface area contributed by atoms with Crippen molar-refractivity contribution in [3.8, 4) is 0 Å². The average molecular weight is 468 g/mol. The van der Waals surface area contributed by atoms with Crippen molar-refractivity contribution in [2.45, 2.75) is 19.5 Å². The Hall–Kier alpha value is -3.16. The Balaban J connectivity index is 1.50. The van der Waals surface area contributed by atoms with Crippen LogP contribution in [0.1, 0.15) is 24.1 Å². The SMILES string of the molecule is CC(=O)N1CCN(C)CC1c1cccc(Nc2cc(NCc3cccc(F)c3)c(Cl)cn2)c1. The first kappa shape index (κ1) is 23.0.